The molecule has 4 aromatic rings. The number of phenolic OH excluding ortho intramolecular Hbond substituents is 1. The predicted molar refractivity (Wildman–Crippen MR) is 142 cm³/mol. The Morgan fingerprint density at radius 3 is 2.57 bits per heavy atom. The molecule has 0 saturated carbocycles. The molecule has 1 aliphatic heterocycles. The van der Waals surface area contributed by atoms with E-state index in [0.29, 0.717) is 36.5 Å². The summed E-state index contributed by atoms with van der Waals surface area (Å²) in [5.41, 5.74) is 6.25. The maximum atomic E-state index is 13.7. The average Bonchev–Trinajstić information content (AvgIpc) is 3.44. The van der Waals surface area contributed by atoms with Gasteiger partial charge in [-0.3, -0.25) is 9.89 Å². The number of aromatic nitrogens is 2. The monoisotopic (exact) mass is 497 g/mol. The van der Waals surface area contributed by atoms with E-state index < -0.39 is 0 Å². The molecule has 0 unspecified atom stereocenters. The molecule has 0 saturated heterocycles. The van der Waals surface area contributed by atoms with Gasteiger partial charge in [-0.15, -0.1) is 0 Å². The van der Waals surface area contributed by atoms with E-state index in [-0.39, 0.29) is 17.7 Å². The minimum Gasteiger partial charge on any atom is -0.507 e. The first kappa shape index (κ1) is 24.4. The first-order valence-corrected chi connectivity index (χ1v) is 12.5. The number of carbonyl (C=O) groups excluding carboxylic acids is 1. The number of benzene rings is 3. The van der Waals surface area contributed by atoms with Crippen molar-refractivity contribution in [2.24, 2.45) is 0 Å². The highest BCUT2D eigenvalue weighted by Gasteiger charge is 2.42. The lowest BCUT2D eigenvalue weighted by Gasteiger charge is -2.27. The van der Waals surface area contributed by atoms with Crippen LogP contribution >= 0.6 is 0 Å². The van der Waals surface area contributed by atoms with Gasteiger partial charge in [0.2, 0.25) is 0 Å². The highest BCUT2D eigenvalue weighted by molar-refractivity contribution is 6.00. The SMILES string of the molecule is CCOc1cccc([C@H]2c3c(-c4cc(C)cc(C)c4O)n[nH]c3C(=O)N2CCc2ccc(OC)cc2)c1. The maximum Gasteiger partial charge on any atom is 0.273 e. The van der Waals surface area contributed by atoms with Gasteiger partial charge in [0.15, 0.2) is 0 Å². The fourth-order valence-electron chi connectivity index (χ4n) is 5.10. The zero-order chi connectivity index (χ0) is 26.1. The Labute approximate surface area is 216 Å². The lowest BCUT2D eigenvalue weighted by Crippen LogP contribution is -2.31. The lowest BCUT2D eigenvalue weighted by atomic mass is 9.94. The van der Waals surface area contributed by atoms with Crippen LogP contribution in [0.1, 0.15) is 51.3 Å². The van der Waals surface area contributed by atoms with Gasteiger partial charge in [0.1, 0.15) is 28.6 Å². The van der Waals surface area contributed by atoms with Gasteiger partial charge in [-0.2, -0.15) is 5.10 Å². The van der Waals surface area contributed by atoms with Gasteiger partial charge in [0.05, 0.1) is 19.8 Å². The number of phenols is 1. The molecular formula is C30H31N3O4. The summed E-state index contributed by atoms with van der Waals surface area (Å²) in [6.45, 7) is 6.86. The van der Waals surface area contributed by atoms with E-state index >= 15 is 0 Å². The fraction of sp³-hybridized carbons (Fsp3) is 0.267. The molecule has 7 heteroatoms. The highest BCUT2D eigenvalue weighted by Crippen LogP contribution is 2.45. The summed E-state index contributed by atoms with van der Waals surface area (Å²) >= 11 is 0. The summed E-state index contributed by atoms with van der Waals surface area (Å²) in [6, 6.07) is 19.2. The molecule has 37 heavy (non-hydrogen) atoms. The van der Waals surface area contributed by atoms with Gasteiger partial charge >= 0.3 is 0 Å². The molecular weight excluding hydrogens is 466 g/mol. The normalized spacial score (nSPS) is 14.6. The number of aromatic hydroxyl groups is 1. The summed E-state index contributed by atoms with van der Waals surface area (Å²) in [7, 11) is 1.64. The first-order chi connectivity index (χ1) is 17.9. The van der Waals surface area contributed by atoms with Gasteiger partial charge in [-0.25, -0.2) is 0 Å². The van der Waals surface area contributed by atoms with Gasteiger partial charge in [0, 0.05) is 17.7 Å². The van der Waals surface area contributed by atoms with Crippen LogP contribution in [0.3, 0.4) is 0 Å². The third-order valence-electron chi connectivity index (χ3n) is 6.85. The molecule has 190 valence electrons. The number of ether oxygens (including phenoxy) is 2. The van der Waals surface area contributed by atoms with E-state index in [0.717, 1.165) is 39.3 Å². The molecule has 0 bridgehead atoms. The van der Waals surface area contributed by atoms with E-state index in [1.54, 1.807) is 7.11 Å². The number of hydrogen-bond acceptors (Lipinski definition) is 5. The molecule has 0 radical (unpaired) electrons. The van der Waals surface area contributed by atoms with Crippen molar-refractivity contribution < 1.29 is 19.4 Å². The van der Waals surface area contributed by atoms with Crippen molar-refractivity contribution in [3.05, 3.63) is 94.2 Å². The molecule has 1 atom stereocenters. The number of nitrogens with zero attached hydrogens (tertiary/aromatic N) is 2. The van der Waals surface area contributed by atoms with Crippen LogP contribution in [0.15, 0.2) is 60.7 Å². The third kappa shape index (κ3) is 4.53. The minimum absolute atomic E-state index is 0.113. The number of aromatic amines is 1. The highest BCUT2D eigenvalue weighted by atomic mass is 16.5. The molecule has 1 amide bonds. The van der Waals surface area contributed by atoms with Crippen LogP contribution in [0.5, 0.6) is 17.2 Å². The summed E-state index contributed by atoms with van der Waals surface area (Å²) in [6.07, 6.45) is 0.680. The molecule has 1 aromatic heterocycles. The number of rotatable bonds is 8. The number of H-pyrrole nitrogens is 1. The van der Waals surface area contributed by atoms with Crippen molar-refractivity contribution in [1.29, 1.82) is 0 Å². The Balaban J connectivity index is 1.59. The summed E-state index contributed by atoms with van der Waals surface area (Å²) in [5, 5.41) is 18.5. The summed E-state index contributed by atoms with van der Waals surface area (Å²) in [4.78, 5) is 15.6. The minimum atomic E-state index is -0.380. The number of fused-ring (bicyclic) bond motifs is 1. The molecule has 7 nitrogen and oxygen atoms in total. The molecule has 2 N–H and O–H groups in total. The van der Waals surface area contributed by atoms with Gasteiger partial charge in [-0.1, -0.05) is 30.3 Å². The topological polar surface area (TPSA) is 87.7 Å². The van der Waals surface area contributed by atoms with Crippen molar-refractivity contribution in [2.45, 2.75) is 33.2 Å². The number of nitrogens with one attached hydrogen (secondary N) is 1. The lowest BCUT2D eigenvalue weighted by molar-refractivity contribution is 0.0745. The maximum absolute atomic E-state index is 13.7. The Bertz CT molecular complexity index is 1440. The Hall–Kier alpha value is -4.26. The van der Waals surface area contributed by atoms with E-state index in [4.69, 9.17) is 9.47 Å². The van der Waals surface area contributed by atoms with Crippen LogP contribution in [0, 0.1) is 13.8 Å². The van der Waals surface area contributed by atoms with Crippen molar-refractivity contribution in [3.8, 4) is 28.5 Å². The average molecular weight is 498 g/mol. The second-order valence-electron chi connectivity index (χ2n) is 9.34. The van der Waals surface area contributed by atoms with Crippen LogP contribution in [-0.4, -0.2) is 46.4 Å². The van der Waals surface area contributed by atoms with Gasteiger partial charge in [0.25, 0.3) is 5.91 Å². The third-order valence-corrected chi connectivity index (χ3v) is 6.85. The quantitative estimate of drug-likeness (QED) is 0.331. The van der Waals surface area contributed by atoms with E-state index in [1.807, 2.05) is 86.3 Å². The second kappa shape index (κ2) is 10.0. The summed E-state index contributed by atoms with van der Waals surface area (Å²) in [5.74, 6) is 1.60. The van der Waals surface area contributed by atoms with E-state index in [2.05, 4.69) is 10.2 Å². The summed E-state index contributed by atoms with van der Waals surface area (Å²) < 4.78 is 11.1. The standard InChI is InChI=1S/C30H31N3O4/c1-5-37-23-8-6-7-21(17-23)28-25-26(24-16-18(2)15-19(3)29(24)34)31-32-27(25)30(35)33(28)14-13-20-9-11-22(36-4)12-10-20/h6-12,15-17,28,34H,5,13-14H2,1-4H3,(H,31,32)/t28-/m0/s1. The number of hydrogen-bond donors (Lipinski definition) is 2. The molecule has 2 heterocycles. The van der Waals surface area contributed by atoms with Crippen molar-refractivity contribution in [3.63, 3.8) is 0 Å². The number of methoxy groups -OCH3 is 1. The molecule has 1 aliphatic rings. The molecule has 3 aromatic carbocycles. The zero-order valence-corrected chi connectivity index (χ0v) is 21.5. The van der Waals surface area contributed by atoms with E-state index in [9.17, 15) is 9.90 Å². The molecule has 0 spiro atoms. The Morgan fingerprint density at radius 2 is 1.84 bits per heavy atom. The van der Waals surface area contributed by atoms with Crippen LogP contribution in [-0.2, 0) is 6.42 Å². The molecule has 0 fully saturated rings. The number of aryl methyl sites for hydroxylation is 2. The van der Waals surface area contributed by atoms with Crippen molar-refractivity contribution in [1.82, 2.24) is 15.1 Å². The Morgan fingerprint density at radius 1 is 1.05 bits per heavy atom. The molecule has 0 aliphatic carbocycles. The van der Waals surface area contributed by atoms with Crippen LogP contribution in [0.2, 0.25) is 0 Å². The van der Waals surface area contributed by atoms with Crippen LogP contribution in [0.4, 0.5) is 0 Å². The van der Waals surface area contributed by atoms with Crippen molar-refractivity contribution in [2.75, 3.05) is 20.3 Å². The van der Waals surface area contributed by atoms with Gasteiger partial charge < -0.3 is 19.5 Å². The second-order valence-corrected chi connectivity index (χ2v) is 9.34. The molecule has 5 rings (SSSR count). The smallest absolute Gasteiger partial charge is 0.273 e. The largest absolute Gasteiger partial charge is 0.507 e. The number of amides is 1. The van der Waals surface area contributed by atoms with Gasteiger partial charge in [-0.05, 0) is 79.8 Å². The predicted octanol–water partition coefficient (Wildman–Crippen LogP) is 5.59. The van der Waals surface area contributed by atoms with Crippen molar-refractivity contribution >= 4 is 5.91 Å². The van der Waals surface area contributed by atoms with Crippen LogP contribution in [0.25, 0.3) is 11.3 Å². The van der Waals surface area contributed by atoms with Crippen LogP contribution < -0.4 is 9.47 Å². The fourth-order valence-corrected chi connectivity index (χ4v) is 5.10. The Kier molecular flexibility index (Phi) is 6.61. The van der Waals surface area contributed by atoms with E-state index in [1.165, 1.54) is 0 Å². The zero-order valence-electron chi connectivity index (χ0n) is 21.5. The number of carbonyl (C=O) groups is 1. The first-order valence-electron chi connectivity index (χ1n) is 12.5.